The highest BCUT2D eigenvalue weighted by Gasteiger charge is 2.46. The molecular weight excluding hydrogens is 176 g/mol. The summed E-state index contributed by atoms with van der Waals surface area (Å²) in [7, 11) is 1.80. The largest absolute Gasteiger partial charge is 0.353 e. The predicted octanol–water partition coefficient (Wildman–Crippen LogP) is 2.97. The van der Waals surface area contributed by atoms with Crippen molar-refractivity contribution in [3.63, 3.8) is 0 Å². The lowest BCUT2D eigenvalue weighted by atomic mass is 9.82. The highest BCUT2D eigenvalue weighted by Crippen LogP contribution is 2.48. The van der Waals surface area contributed by atoms with Crippen LogP contribution in [0.4, 0.5) is 0 Å². The topological polar surface area (TPSA) is 18.5 Å². The molecule has 2 heteroatoms. The lowest BCUT2D eigenvalue weighted by Gasteiger charge is -2.27. The number of rotatable bonds is 3. The van der Waals surface area contributed by atoms with Gasteiger partial charge in [-0.15, -0.1) is 0 Å². The SMILES string of the molecule is CCOC1(OC)CC2CCCCC2C1. The fraction of sp³-hybridized carbons (Fsp3) is 1.00. The molecule has 0 aliphatic heterocycles. The molecule has 0 amide bonds. The Morgan fingerprint density at radius 2 is 1.71 bits per heavy atom. The molecule has 0 radical (unpaired) electrons. The van der Waals surface area contributed by atoms with E-state index >= 15 is 0 Å². The summed E-state index contributed by atoms with van der Waals surface area (Å²) < 4.78 is 11.4. The van der Waals surface area contributed by atoms with Crippen LogP contribution in [0.15, 0.2) is 0 Å². The van der Waals surface area contributed by atoms with E-state index in [1.54, 1.807) is 7.11 Å². The van der Waals surface area contributed by atoms with Gasteiger partial charge in [0.2, 0.25) is 0 Å². The van der Waals surface area contributed by atoms with Crippen LogP contribution in [0, 0.1) is 11.8 Å². The zero-order chi connectivity index (χ0) is 10.0. The Kier molecular flexibility index (Phi) is 3.13. The Labute approximate surface area is 87.0 Å². The molecule has 2 saturated carbocycles. The van der Waals surface area contributed by atoms with Crippen LogP contribution in [0.5, 0.6) is 0 Å². The number of fused-ring (bicyclic) bond motifs is 1. The molecule has 82 valence electrons. The molecule has 0 aromatic heterocycles. The van der Waals surface area contributed by atoms with E-state index in [9.17, 15) is 0 Å². The minimum absolute atomic E-state index is 0.228. The van der Waals surface area contributed by atoms with Crippen LogP contribution >= 0.6 is 0 Å². The summed E-state index contributed by atoms with van der Waals surface area (Å²) in [6, 6.07) is 0. The monoisotopic (exact) mass is 198 g/mol. The van der Waals surface area contributed by atoms with Crippen molar-refractivity contribution in [2.75, 3.05) is 13.7 Å². The molecule has 0 spiro atoms. The average Bonchev–Trinajstić information content (AvgIpc) is 2.57. The first-order chi connectivity index (χ1) is 6.79. The van der Waals surface area contributed by atoms with Crippen LogP contribution in [0.25, 0.3) is 0 Å². The van der Waals surface area contributed by atoms with Crippen molar-refractivity contribution >= 4 is 0 Å². The Morgan fingerprint density at radius 1 is 1.14 bits per heavy atom. The fourth-order valence-corrected chi connectivity index (χ4v) is 3.31. The van der Waals surface area contributed by atoms with Crippen LogP contribution in [0.2, 0.25) is 0 Å². The molecule has 2 unspecified atom stereocenters. The first kappa shape index (κ1) is 10.4. The van der Waals surface area contributed by atoms with E-state index in [1.807, 2.05) is 0 Å². The van der Waals surface area contributed by atoms with Crippen molar-refractivity contribution in [3.05, 3.63) is 0 Å². The average molecular weight is 198 g/mol. The second kappa shape index (κ2) is 4.19. The van der Waals surface area contributed by atoms with E-state index in [4.69, 9.17) is 9.47 Å². The van der Waals surface area contributed by atoms with E-state index in [0.717, 1.165) is 31.3 Å². The molecule has 0 N–H and O–H groups in total. The van der Waals surface area contributed by atoms with E-state index < -0.39 is 0 Å². The third-order valence-electron chi connectivity index (χ3n) is 3.99. The first-order valence-electron chi connectivity index (χ1n) is 5.99. The molecule has 2 fully saturated rings. The van der Waals surface area contributed by atoms with Crippen LogP contribution in [0.3, 0.4) is 0 Å². The summed E-state index contributed by atoms with van der Waals surface area (Å²) in [5, 5.41) is 0. The Morgan fingerprint density at radius 3 is 2.14 bits per heavy atom. The van der Waals surface area contributed by atoms with Gasteiger partial charge < -0.3 is 9.47 Å². The minimum atomic E-state index is -0.228. The molecule has 0 heterocycles. The van der Waals surface area contributed by atoms with Crippen LogP contribution in [-0.2, 0) is 9.47 Å². The number of ether oxygens (including phenoxy) is 2. The van der Waals surface area contributed by atoms with Gasteiger partial charge >= 0.3 is 0 Å². The third-order valence-corrected chi connectivity index (χ3v) is 3.99. The standard InChI is InChI=1S/C12H22O2/c1-3-14-12(13-2)8-10-6-4-5-7-11(10)9-12/h10-11H,3-9H2,1-2H3. The maximum atomic E-state index is 5.81. The normalized spacial score (nSPS) is 42.4. The molecule has 0 aromatic rings. The van der Waals surface area contributed by atoms with Gasteiger partial charge in [-0.2, -0.15) is 0 Å². The Hall–Kier alpha value is -0.0800. The van der Waals surface area contributed by atoms with Gasteiger partial charge in [-0.05, 0) is 31.6 Å². The number of hydrogen-bond acceptors (Lipinski definition) is 2. The molecule has 0 bridgehead atoms. The zero-order valence-electron chi connectivity index (χ0n) is 9.42. The van der Waals surface area contributed by atoms with Crippen LogP contribution in [0.1, 0.15) is 45.4 Å². The van der Waals surface area contributed by atoms with Gasteiger partial charge in [0, 0.05) is 26.6 Å². The van der Waals surface area contributed by atoms with Crippen LogP contribution in [-0.4, -0.2) is 19.5 Å². The van der Waals surface area contributed by atoms with Crippen molar-refractivity contribution in [3.8, 4) is 0 Å². The molecule has 0 aromatic carbocycles. The van der Waals surface area contributed by atoms with Crippen molar-refractivity contribution in [1.82, 2.24) is 0 Å². The Bertz CT molecular complexity index is 177. The van der Waals surface area contributed by atoms with Crippen molar-refractivity contribution in [2.24, 2.45) is 11.8 Å². The van der Waals surface area contributed by atoms with Gasteiger partial charge in [0.1, 0.15) is 0 Å². The number of methoxy groups -OCH3 is 1. The molecule has 2 rings (SSSR count). The van der Waals surface area contributed by atoms with E-state index in [2.05, 4.69) is 6.92 Å². The summed E-state index contributed by atoms with van der Waals surface area (Å²) in [6.07, 6.45) is 7.86. The Balaban J connectivity index is 2.01. The summed E-state index contributed by atoms with van der Waals surface area (Å²) in [5.41, 5.74) is 0. The van der Waals surface area contributed by atoms with Gasteiger partial charge in [-0.3, -0.25) is 0 Å². The molecular formula is C12H22O2. The van der Waals surface area contributed by atoms with Gasteiger partial charge in [0.25, 0.3) is 0 Å². The van der Waals surface area contributed by atoms with E-state index in [-0.39, 0.29) is 5.79 Å². The molecule has 14 heavy (non-hydrogen) atoms. The molecule has 2 nitrogen and oxygen atoms in total. The van der Waals surface area contributed by atoms with Crippen molar-refractivity contribution in [1.29, 1.82) is 0 Å². The second-order valence-electron chi connectivity index (χ2n) is 4.76. The number of hydrogen-bond donors (Lipinski definition) is 0. The van der Waals surface area contributed by atoms with Gasteiger partial charge in [0.15, 0.2) is 5.79 Å². The third kappa shape index (κ3) is 1.82. The summed E-state index contributed by atoms with van der Waals surface area (Å²) >= 11 is 0. The van der Waals surface area contributed by atoms with E-state index in [0.29, 0.717) is 0 Å². The maximum absolute atomic E-state index is 5.81. The van der Waals surface area contributed by atoms with Crippen molar-refractivity contribution in [2.45, 2.75) is 51.2 Å². The lowest BCUT2D eigenvalue weighted by Crippen LogP contribution is -2.32. The molecule has 2 atom stereocenters. The summed E-state index contributed by atoms with van der Waals surface area (Å²) in [4.78, 5) is 0. The molecule has 0 saturated heterocycles. The maximum Gasteiger partial charge on any atom is 0.168 e. The zero-order valence-corrected chi connectivity index (χ0v) is 9.42. The second-order valence-corrected chi connectivity index (χ2v) is 4.76. The lowest BCUT2D eigenvalue weighted by molar-refractivity contribution is -0.217. The van der Waals surface area contributed by atoms with Gasteiger partial charge in [-0.1, -0.05) is 12.8 Å². The quantitative estimate of drug-likeness (QED) is 0.649. The highest BCUT2D eigenvalue weighted by molar-refractivity contribution is 4.91. The first-order valence-corrected chi connectivity index (χ1v) is 5.99. The minimum Gasteiger partial charge on any atom is -0.353 e. The van der Waals surface area contributed by atoms with Gasteiger partial charge in [-0.25, -0.2) is 0 Å². The fourth-order valence-electron chi connectivity index (χ4n) is 3.31. The predicted molar refractivity (Wildman–Crippen MR) is 56.0 cm³/mol. The highest BCUT2D eigenvalue weighted by atomic mass is 16.7. The smallest absolute Gasteiger partial charge is 0.168 e. The van der Waals surface area contributed by atoms with Crippen LogP contribution < -0.4 is 0 Å². The molecule has 2 aliphatic rings. The van der Waals surface area contributed by atoms with Crippen molar-refractivity contribution < 1.29 is 9.47 Å². The van der Waals surface area contributed by atoms with E-state index in [1.165, 1.54) is 25.7 Å². The van der Waals surface area contributed by atoms with Gasteiger partial charge in [0.05, 0.1) is 0 Å². The molecule has 2 aliphatic carbocycles. The summed E-state index contributed by atoms with van der Waals surface area (Å²) in [6.45, 7) is 2.83. The summed E-state index contributed by atoms with van der Waals surface area (Å²) in [5.74, 6) is 1.51.